The Bertz CT molecular complexity index is 1150. The van der Waals surface area contributed by atoms with Gasteiger partial charge in [-0.05, 0) is 57.0 Å². The summed E-state index contributed by atoms with van der Waals surface area (Å²) < 4.78 is 30.2. The van der Waals surface area contributed by atoms with Crippen molar-refractivity contribution in [2.75, 3.05) is 5.32 Å². The Hall–Kier alpha value is -3.00. The normalized spacial score (nSPS) is 11.6. The van der Waals surface area contributed by atoms with E-state index in [1.807, 2.05) is 26.0 Å². The predicted molar refractivity (Wildman–Crippen MR) is 110 cm³/mol. The van der Waals surface area contributed by atoms with E-state index in [1.165, 1.54) is 29.8 Å². The number of nitrogens with one attached hydrogen (secondary N) is 1. The molecule has 0 fully saturated rings. The number of aromatic nitrogens is 2. The van der Waals surface area contributed by atoms with Gasteiger partial charge in [0.15, 0.2) is 9.84 Å². The summed E-state index contributed by atoms with van der Waals surface area (Å²) >= 11 is 0. The number of hydrogen-bond acceptors (Lipinski definition) is 6. The lowest BCUT2D eigenvalue weighted by Gasteiger charge is -2.09. The summed E-state index contributed by atoms with van der Waals surface area (Å²) in [6.07, 6.45) is 0.455. The summed E-state index contributed by atoms with van der Waals surface area (Å²) in [7, 11) is -3.47. The molecule has 1 aromatic heterocycles. The number of amides is 1. The standard InChI is InChI=1S/C21H23N3O4S/c1-13(2)29(26,27)18-7-5-6-17(11-18)20(25)22-21-24-23-19(28-21)12-16-9-8-14(3)10-15(16)4/h5-11,13H,12H2,1-4H3,(H,22,24,25). The minimum absolute atomic E-state index is 0.0353. The van der Waals surface area contributed by atoms with Crippen molar-refractivity contribution in [1.82, 2.24) is 10.2 Å². The topological polar surface area (TPSA) is 102 Å². The zero-order valence-electron chi connectivity index (χ0n) is 16.8. The van der Waals surface area contributed by atoms with Gasteiger partial charge < -0.3 is 4.42 Å². The van der Waals surface area contributed by atoms with Gasteiger partial charge in [0.1, 0.15) is 0 Å². The third kappa shape index (κ3) is 4.71. The smallest absolute Gasteiger partial charge is 0.322 e. The van der Waals surface area contributed by atoms with Gasteiger partial charge in [-0.1, -0.05) is 34.9 Å². The van der Waals surface area contributed by atoms with Crippen LogP contribution in [0.1, 0.15) is 46.8 Å². The van der Waals surface area contributed by atoms with Gasteiger partial charge in [0.2, 0.25) is 5.89 Å². The largest absolute Gasteiger partial charge is 0.407 e. The predicted octanol–water partition coefficient (Wildman–Crippen LogP) is 3.71. The Morgan fingerprint density at radius 2 is 1.86 bits per heavy atom. The Morgan fingerprint density at radius 3 is 2.55 bits per heavy atom. The van der Waals surface area contributed by atoms with E-state index in [1.54, 1.807) is 13.8 Å². The molecule has 0 aliphatic heterocycles. The van der Waals surface area contributed by atoms with E-state index in [4.69, 9.17) is 4.42 Å². The average molecular weight is 413 g/mol. The van der Waals surface area contributed by atoms with Gasteiger partial charge >= 0.3 is 6.01 Å². The number of sulfone groups is 1. The second-order valence-electron chi connectivity index (χ2n) is 7.18. The highest BCUT2D eigenvalue weighted by Gasteiger charge is 2.21. The van der Waals surface area contributed by atoms with Gasteiger partial charge in [-0.15, -0.1) is 5.10 Å². The SMILES string of the molecule is Cc1ccc(Cc2nnc(NC(=O)c3cccc(S(=O)(=O)C(C)C)c3)o2)c(C)c1. The summed E-state index contributed by atoms with van der Waals surface area (Å²) in [4.78, 5) is 12.6. The Morgan fingerprint density at radius 1 is 1.10 bits per heavy atom. The van der Waals surface area contributed by atoms with Gasteiger partial charge in [0, 0.05) is 5.56 Å². The number of benzene rings is 2. The molecule has 0 atom stereocenters. The van der Waals surface area contributed by atoms with E-state index in [0.29, 0.717) is 12.3 Å². The molecule has 0 spiro atoms. The minimum Gasteiger partial charge on any atom is -0.407 e. The lowest BCUT2D eigenvalue weighted by Crippen LogP contribution is -2.16. The quantitative estimate of drug-likeness (QED) is 0.661. The average Bonchev–Trinajstić information content (AvgIpc) is 3.11. The number of anilines is 1. The lowest BCUT2D eigenvalue weighted by molar-refractivity contribution is 0.102. The molecule has 152 valence electrons. The van der Waals surface area contributed by atoms with Gasteiger partial charge in [-0.2, -0.15) is 0 Å². The Labute approximate surface area is 170 Å². The lowest BCUT2D eigenvalue weighted by atomic mass is 10.0. The highest BCUT2D eigenvalue weighted by Crippen LogP contribution is 2.19. The van der Waals surface area contributed by atoms with Crippen molar-refractivity contribution < 1.29 is 17.6 Å². The van der Waals surface area contributed by atoms with E-state index >= 15 is 0 Å². The summed E-state index contributed by atoms with van der Waals surface area (Å²) in [5.74, 6) is -0.143. The maximum absolute atomic E-state index is 12.5. The molecule has 2 aromatic carbocycles. The number of carbonyl (C=O) groups is 1. The van der Waals surface area contributed by atoms with Crippen LogP contribution in [-0.2, 0) is 16.3 Å². The van der Waals surface area contributed by atoms with Crippen LogP contribution in [0.3, 0.4) is 0 Å². The van der Waals surface area contributed by atoms with Crippen molar-refractivity contribution in [2.24, 2.45) is 0 Å². The second-order valence-corrected chi connectivity index (χ2v) is 9.69. The molecule has 0 radical (unpaired) electrons. The molecule has 8 heteroatoms. The number of hydrogen-bond donors (Lipinski definition) is 1. The first-order valence-electron chi connectivity index (χ1n) is 9.20. The number of nitrogens with zero attached hydrogens (tertiary/aromatic N) is 2. The molecule has 7 nitrogen and oxygen atoms in total. The van der Waals surface area contributed by atoms with Crippen LogP contribution in [0.4, 0.5) is 6.01 Å². The van der Waals surface area contributed by atoms with Crippen molar-refractivity contribution in [3.05, 3.63) is 70.6 Å². The third-order valence-corrected chi connectivity index (χ3v) is 6.72. The van der Waals surface area contributed by atoms with Crippen LogP contribution in [-0.4, -0.2) is 29.8 Å². The van der Waals surface area contributed by atoms with Crippen molar-refractivity contribution in [3.8, 4) is 0 Å². The van der Waals surface area contributed by atoms with Crippen molar-refractivity contribution in [3.63, 3.8) is 0 Å². The molecule has 3 rings (SSSR count). The molecule has 3 aromatic rings. The molecule has 1 N–H and O–H groups in total. The first kappa shape index (κ1) is 20.7. The minimum atomic E-state index is -3.47. The van der Waals surface area contributed by atoms with Crippen LogP contribution in [0.25, 0.3) is 0 Å². The molecule has 0 bridgehead atoms. The monoisotopic (exact) mass is 413 g/mol. The van der Waals surface area contributed by atoms with Crippen molar-refractivity contribution in [2.45, 2.75) is 44.3 Å². The zero-order chi connectivity index (χ0) is 21.2. The van der Waals surface area contributed by atoms with Gasteiger partial charge in [0.25, 0.3) is 5.91 Å². The Balaban J connectivity index is 1.74. The van der Waals surface area contributed by atoms with Gasteiger partial charge in [-0.3, -0.25) is 10.1 Å². The summed E-state index contributed by atoms with van der Waals surface area (Å²) in [6, 6.07) is 11.9. The molecule has 29 heavy (non-hydrogen) atoms. The first-order chi connectivity index (χ1) is 13.7. The molecule has 0 unspecified atom stereocenters. The Kier molecular flexibility index (Phi) is 5.83. The second kappa shape index (κ2) is 8.16. The number of rotatable bonds is 6. The van der Waals surface area contributed by atoms with E-state index in [-0.39, 0.29) is 16.5 Å². The molecule has 0 aliphatic carbocycles. The van der Waals surface area contributed by atoms with Crippen molar-refractivity contribution in [1.29, 1.82) is 0 Å². The highest BCUT2D eigenvalue weighted by molar-refractivity contribution is 7.92. The van der Waals surface area contributed by atoms with Crippen LogP contribution >= 0.6 is 0 Å². The van der Waals surface area contributed by atoms with Crippen LogP contribution in [0.5, 0.6) is 0 Å². The van der Waals surface area contributed by atoms with Gasteiger partial charge in [-0.25, -0.2) is 8.42 Å². The van der Waals surface area contributed by atoms with E-state index in [2.05, 4.69) is 21.6 Å². The maximum Gasteiger partial charge on any atom is 0.322 e. The third-order valence-electron chi connectivity index (χ3n) is 4.57. The van der Waals surface area contributed by atoms with Crippen LogP contribution < -0.4 is 5.32 Å². The van der Waals surface area contributed by atoms with E-state index in [9.17, 15) is 13.2 Å². The fourth-order valence-electron chi connectivity index (χ4n) is 2.84. The molecule has 0 saturated carbocycles. The highest BCUT2D eigenvalue weighted by atomic mass is 32.2. The molecule has 1 amide bonds. The van der Waals surface area contributed by atoms with Crippen LogP contribution in [0, 0.1) is 13.8 Å². The molecule has 0 saturated heterocycles. The number of carbonyl (C=O) groups excluding carboxylic acids is 1. The molecule has 1 heterocycles. The van der Waals surface area contributed by atoms with Gasteiger partial charge in [0.05, 0.1) is 16.6 Å². The fraction of sp³-hybridized carbons (Fsp3) is 0.286. The molecular weight excluding hydrogens is 390 g/mol. The fourth-order valence-corrected chi connectivity index (χ4v) is 3.94. The van der Waals surface area contributed by atoms with Crippen LogP contribution in [0.15, 0.2) is 51.8 Å². The summed E-state index contributed by atoms with van der Waals surface area (Å²) in [5.41, 5.74) is 3.55. The van der Waals surface area contributed by atoms with E-state index < -0.39 is 21.0 Å². The van der Waals surface area contributed by atoms with Crippen LogP contribution in [0.2, 0.25) is 0 Å². The van der Waals surface area contributed by atoms with E-state index in [0.717, 1.165) is 11.1 Å². The maximum atomic E-state index is 12.5. The number of aryl methyl sites for hydroxylation is 2. The first-order valence-corrected chi connectivity index (χ1v) is 10.8. The molecular formula is C21H23N3O4S. The van der Waals surface area contributed by atoms with Crippen molar-refractivity contribution >= 4 is 21.8 Å². The molecule has 0 aliphatic rings. The summed E-state index contributed by atoms with van der Waals surface area (Å²) in [5, 5.41) is 9.77. The zero-order valence-corrected chi connectivity index (χ0v) is 17.6. The summed E-state index contributed by atoms with van der Waals surface area (Å²) in [6.45, 7) is 7.23.